The Morgan fingerprint density at radius 3 is 2.29 bits per heavy atom. The zero-order chi connectivity index (χ0) is 15.4. The molecule has 0 radical (unpaired) electrons. The number of nitrogens with one attached hydrogen (secondary N) is 1. The number of aryl methyl sites for hydroxylation is 2. The lowest BCUT2D eigenvalue weighted by Gasteiger charge is -2.21. The van der Waals surface area contributed by atoms with Crippen LogP contribution < -0.4 is 5.32 Å². The molecule has 0 aliphatic rings. The van der Waals surface area contributed by atoms with Crippen LogP contribution in [-0.2, 0) is 0 Å². The van der Waals surface area contributed by atoms with Crippen LogP contribution in [-0.4, -0.2) is 6.54 Å². The molecule has 0 saturated heterocycles. The van der Waals surface area contributed by atoms with E-state index >= 15 is 0 Å². The lowest BCUT2D eigenvalue weighted by Crippen LogP contribution is -2.23. The summed E-state index contributed by atoms with van der Waals surface area (Å²) in [6.45, 7) is 7.47. The highest BCUT2D eigenvalue weighted by molar-refractivity contribution is 14.1. The molecule has 0 amide bonds. The zero-order valence-corrected chi connectivity index (χ0v) is 15.6. The van der Waals surface area contributed by atoms with Gasteiger partial charge in [-0.3, -0.25) is 0 Å². The molecule has 1 nitrogen and oxygen atoms in total. The van der Waals surface area contributed by atoms with Gasteiger partial charge in [-0.2, -0.15) is 0 Å². The molecule has 0 saturated carbocycles. The second kappa shape index (κ2) is 7.61. The molecule has 0 bridgehead atoms. The van der Waals surface area contributed by atoms with Gasteiger partial charge in [-0.1, -0.05) is 53.9 Å². The van der Waals surface area contributed by atoms with Crippen LogP contribution in [0.15, 0.2) is 36.4 Å². The zero-order valence-electron chi connectivity index (χ0n) is 12.7. The summed E-state index contributed by atoms with van der Waals surface area (Å²) in [5.74, 6) is 0. The molecule has 0 spiro atoms. The number of hydrogen-bond donors (Lipinski definition) is 1. The quantitative estimate of drug-likeness (QED) is 0.625. The molecule has 3 heteroatoms. The summed E-state index contributed by atoms with van der Waals surface area (Å²) in [7, 11) is 0. The summed E-state index contributed by atoms with van der Waals surface area (Å²) in [5.41, 5.74) is 5.12. The predicted octanol–water partition coefficient (Wildman–Crippen LogP) is 5.65. The van der Waals surface area contributed by atoms with E-state index in [1.54, 1.807) is 0 Å². The first-order valence-corrected chi connectivity index (χ1v) is 8.73. The molecule has 1 N–H and O–H groups in total. The van der Waals surface area contributed by atoms with E-state index in [4.69, 9.17) is 11.6 Å². The molecular formula is C18H21ClIN. The molecule has 21 heavy (non-hydrogen) atoms. The Morgan fingerprint density at radius 1 is 1.05 bits per heavy atom. The number of benzene rings is 2. The van der Waals surface area contributed by atoms with Gasteiger partial charge in [0.2, 0.25) is 0 Å². The first kappa shape index (κ1) is 16.8. The van der Waals surface area contributed by atoms with Crippen molar-refractivity contribution in [3.05, 3.63) is 67.2 Å². The number of hydrogen-bond acceptors (Lipinski definition) is 1. The average molecular weight is 414 g/mol. The Labute approximate surface area is 146 Å². The second-order valence-electron chi connectivity index (χ2n) is 5.48. The molecular weight excluding hydrogens is 393 g/mol. The molecule has 0 aromatic heterocycles. The minimum Gasteiger partial charge on any atom is -0.306 e. The Bertz CT molecular complexity index is 604. The maximum atomic E-state index is 6.31. The van der Waals surface area contributed by atoms with E-state index in [0.717, 1.165) is 21.6 Å². The van der Waals surface area contributed by atoms with Crippen molar-refractivity contribution in [2.45, 2.75) is 33.2 Å². The number of halogens is 2. The van der Waals surface area contributed by atoms with Gasteiger partial charge in [-0.05, 0) is 72.7 Å². The topological polar surface area (TPSA) is 12.0 Å². The van der Waals surface area contributed by atoms with Crippen molar-refractivity contribution < 1.29 is 0 Å². The third-order valence-electron chi connectivity index (χ3n) is 3.45. The van der Waals surface area contributed by atoms with Gasteiger partial charge in [0.1, 0.15) is 0 Å². The molecule has 2 rings (SSSR count). The van der Waals surface area contributed by atoms with Crippen LogP contribution >= 0.6 is 34.2 Å². The molecule has 2 aromatic carbocycles. The molecule has 0 aliphatic heterocycles. The second-order valence-corrected chi connectivity index (χ2v) is 7.05. The summed E-state index contributed by atoms with van der Waals surface area (Å²) in [6.07, 6.45) is 1.11. The normalized spacial score (nSPS) is 12.4. The summed E-state index contributed by atoms with van der Waals surface area (Å²) in [5, 5.41) is 4.46. The lowest BCUT2D eigenvalue weighted by molar-refractivity contribution is 0.598. The van der Waals surface area contributed by atoms with E-state index in [1.807, 2.05) is 0 Å². The van der Waals surface area contributed by atoms with E-state index < -0.39 is 0 Å². The highest BCUT2D eigenvalue weighted by Gasteiger charge is 2.15. The van der Waals surface area contributed by atoms with Crippen molar-refractivity contribution in [3.8, 4) is 0 Å². The monoisotopic (exact) mass is 413 g/mol. The smallest absolute Gasteiger partial charge is 0.0577 e. The van der Waals surface area contributed by atoms with Gasteiger partial charge in [0.25, 0.3) is 0 Å². The van der Waals surface area contributed by atoms with Gasteiger partial charge in [0, 0.05) is 3.57 Å². The van der Waals surface area contributed by atoms with Crippen molar-refractivity contribution in [2.24, 2.45) is 0 Å². The summed E-state index contributed by atoms with van der Waals surface area (Å²) >= 11 is 8.57. The van der Waals surface area contributed by atoms with Crippen LogP contribution in [0.5, 0.6) is 0 Å². The summed E-state index contributed by atoms with van der Waals surface area (Å²) < 4.78 is 1.09. The third kappa shape index (κ3) is 4.44. The van der Waals surface area contributed by atoms with E-state index in [0.29, 0.717) is 0 Å². The number of rotatable bonds is 5. The van der Waals surface area contributed by atoms with E-state index in [-0.39, 0.29) is 6.04 Å². The van der Waals surface area contributed by atoms with Crippen LogP contribution in [0.2, 0.25) is 5.02 Å². The molecule has 112 valence electrons. The molecule has 0 heterocycles. The minimum atomic E-state index is 0.193. The highest BCUT2D eigenvalue weighted by Crippen LogP contribution is 2.28. The van der Waals surface area contributed by atoms with Crippen LogP contribution in [0.1, 0.15) is 41.6 Å². The van der Waals surface area contributed by atoms with Crippen molar-refractivity contribution in [2.75, 3.05) is 6.54 Å². The van der Waals surface area contributed by atoms with Gasteiger partial charge in [0.05, 0.1) is 11.1 Å². The van der Waals surface area contributed by atoms with E-state index in [1.165, 1.54) is 22.3 Å². The van der Waals surface area contributed by atoms with Gasteiger partial charge in [-0.15, -0.1) is 0 Å². The van der Waals surface area contributed by atoms with Crippen molar-refractivity contribution in [1.29, 1.82) is 0 Å². The van der Waals surface area contributed by atoms with Gasteiger partial charge in [0.15, 0.2) is 0 Å². The van der Waals surface area contributed by atoms with Crippen molar-refractivity contribution >= 4 is 34.2 Å². The van der Waals surface area contributed by atoms with E-state index in [2.05, 4.69) is 85.1 Å². The fraction of sp³-hybridized carbons (Fsp3) is 0.333. The van der Waals surface area contributed by atoms with Gasteiger partial charge in [-0.25, -0.2) is 0 Å². The maximum Gasteiger partial charge on any atom is 0.0577 e. The Kier molecular flexibility index (Phi) is 6.08. The van der Waals surface area contributed by atoms with Crippen LogP contribution in [0.25, 0.3) is 0 Å². The largest absolute Gasteiger partial charge is 0.306 e. The Hall–Kier alpha value is -0.580. The molecule has 0 aliphatic carbocycles. The third-order valence-corrected chi connectivity index (χ3v) is 5.03. The maximum absolute atomic E-state index is 6.31. The molecule has 1 unspecified atom stereocenters. The average Bonchev–Trinajstić information content (AvgIpc) is 2.42. The summed E-state index contributed by atoms with van der Waals surface area (Å²) in [4.78, 5) is 0. The van der Waals surface area contributed by atoms with E-state index in [9.17, 15) is 0 Å². The first-order chi connectivity index (χ1) is 10.0. The predicted molar refractivity (Wildman–Crippen MR) is 100 cm³/mol. The SMILES string of the molecule is CCCNC(c1cc(C)cc(C)c1)c1ccc(I)c(Cl)c1. The fourth-order valence-corrected chi connectivity index (χ4v) is 3.11. The first-order valence-electron chi connectivity index (χ1n) is 7.27. The molecule has 0 fully saturated rings. The molecule has 2 aromatic rings. The van der Waals surface area contributed by atoms with Gasteiger partial charge < -0.3 is 5.32 Å². The van der Waals surface area contributed by atoms with Crippen molar-refractivity contribution in [3.63, 3.8) is 0 Å². The van der Waals surface area contributed by atoms with Crippen LogP contribution in [0, 0.1) is 17.4 Å². The Balaban J connectivity index is 2.43. The van der Waals surface area contributed by atoms with Gasteiger partial charge >= 0.3 is 0 Å². The van der Waals surface area contributed by atoms with Crippen LogP contribution in [0.4, 0.5) is 0 Å². The fourth-order valence-electron chi connectivity index (χ4n) is 2.59. The molecule has 1 atom stereocenters. The minimum absolute atomic E-state index is 0.193. The van der Waals surface area contributed by atoms with Crippen molar-refractivity contribution in [1.82, 2.24) is 5.32 Å². The highest BCUT2D eigenvalue weighted by atomic mass is 127. The Morgan fingerprint density at radius 2 is 1.71 bits per heavy atom. The standard InChI is InChI=1S/C18H21ClIN/c1-4-7-21-18(14-5-6-17(20)16(19)11-14)15-9-12(2)8-13(3)10-15/h5-6,8-11,18,21H,4,7H2,1-3H3. The van der Waals surface area contributed by atoms with Crippen LogP contribution in [0.3, 0.4) is 0 Å². The lowest BCUT2D eigenvalue weighted by atomic mass is 9.95. The summed E-state index contributed by atoms with van der Waals surface area (Å²) in [6, 6.07) is 13.2.